The van der Waals surface area contributed by atoms with Crippen molar-refractivity contribution in [2.45, 2.75) is 18.2 Å². The second-order valence-corrected chi connectivity index (χ2v) is 7.26. The second-order valence-electron chi connectivity index (χ2n) is 6.27. The first-order valence-corrected chi connectivity index (χ1v) is 10.3. The summed E-state index contributed by atoms with van der Waals surface area (Å²) >= 11 is 1.44. The van der Waals surface area contributed by atoms with Crippen molar-refractivity contribution in [2.75, 3.05) is 26.1 Å². The Morgan fingerprint density at radius 1 is 0.966 bits per heavy atom. The molecule has 0 bridgehead atoms. The molecule has 0 fully saturated rings. The average molecular weight is 416 g/mol. The van der Waals surface area contributed by atoms with Crippen molar-refractivity contribution in [2.24, 2.45) is 7.05 Å². The summed E-state index contributed by atoms with van der Waals surface area (Å²) in [5.41, 5.74) is 0.951. The van der Waals surface area contributed by atoms with Crippen molar-refractivity contribution in [1.29, 1.82) is 0 Å². The number of aliphatic hydroxyl groups excluding tert-OH is 1. The molecule has 3 rings (SSSR count). The molecule has 29 heavy (non-hydrogen) atoms. The monoisotopic (exact) mass is 415 g/mol. The predicted molar refractivity (Wildman–Crippen MR) is 113 cm³/mol. The summed E-state index contributed by atoms with van der Waals surface area (Å²) in [6, 6.07) is 15.0. The lowest BCUT2D eigenvalue weighted by molar-refractivity contribution is 0.126. The van der Waals surface area contributed by atoms with Crippen LogP contribution in [0.4, 0.5) is 0 Å². The fourth-order valence-corrected chi connectivity index (χ4v) is 3.46. The molecule has 0 amide bonds. The van der Waals surface area contributed by atoms with Gasteiger partial charge in [0, 0.05) is 18.4 Å². The van der Waals surface area contributed by atoms with Gasteiger partial charge in [0.15, 0.2) is 11.0 Å². The van der Waals surface area contributed by atoms with E-state index in [0.29, 0.717) is 18.1 Å². The lowest BCUT2D eigenvalue weighted by Gasteiger charge is -2.12. The molecule has 0 saturated carbocycles. The fourth-order valence-electron chi connectivity index (χ4n) is 2.64. The molecular formula is C21H25N3O4S. The van der Waals surface area contributed by atoms with E-state index in [1.807, 2.05) is 67.1 Å². The number of hydrogen-bond acceptors (Lipinski definition) is 7. The van der Waals surface area contributed by atoms with Gasteiger partial charge in [-0.05, 0) is 55.5 Å². The molecular weight excluding hydrogens is 390 g/mol. The summed E-state index contributed by atoms with van der Waals surface area (Å²) in [6.45, 7) is 2.76. The summed E-state index contributed by atoms with van der Waals surface area (Å²) in [5.74, 6) is 3.49. The first-order chi connectivity index (χ1) is 14.1. The van der Waals surface area contributed by atoms with Gasteiger partial charge in [-0.2, -0.15) is 0 Å². The van der Waals surface area contributed by atoms with E-state index >= 15 is 0 Å². The molecule has 1 aromatic heterocycles. The largest absolute Gasteiger partial charge is 0.497 e. The van der Waals surface area contributed by atoms with Gasteiger partial charge in [0.2, 0.25) is 0 Å². The number of rotatable bonds is 10. The number of nitrogens with zero attached hydrogens (tertiary/aromatic N) is 3. The second kappa shape index (κ2) is 10.2. The number of methoxy groups -OCH3 is 1. The Labute approximate surface area is 174 Å². The lowest BCUT2D eigenvalue weighted by atomic mass is 10.2. The third kappa shape index (κ3) is 5.65. The zero-order valence-corrected chi connectivity index (χ0v) is 17.6. The van der Waals surface area contributed by atoms with Crippen molar-refractivity contribution in [3.8, 4) is 28.6 Å². The minimum Gasteiger partial charge on any atom is -0.497 e. The maximum absolute atomic E-state index is 10.2. The zero-order chi connectivity index (χ0) is 20.6. The van der Waals surface area contributed by atoms with Gasteiger partial charge in [-0.15, -0.1) is 10.2 Å². The van der Waals surface area contributed by atoms with Crippen molar-refractivity contribution in [3.05, 3.63) is 48.5 Å². The molecule has 0 aliphatic heterocycles. The molecule has 0 saturated heterocycles. The zero-order valence-electron chi connectivity index (χ0n) is 16.7. The van der Waals surface area contributed by atoms with Crippen LogP contribution in [0.25, 0.3) is 11.4 Å². The van der Waals surface area contributed by atoms with E-state index in [1.165, 1.54) is 11.8 Å². The molecule has 1 heterocycles. The SMILES string of the molecule is CCOc1ccc(OCC(O)CSc2nnc(-c3ccc(OC)cc3)n2C)cc1. The van der Waals surface area contributed by atoms with Crippen molar-refractivity contribution >= 4 is 11.8 Å². The highest BCUT2D eigenvalue weighted by Gasteiger charge is 2.14. The summed E-state index contributed by atoms with van der Waals surface area (Å²) in [4.78, 5) is 0. The fraction of sp³-hybridized carbons (Fsp3) is 0.333. The molecule has 1 N–H and O–H groups in total. The maximum Gasteiger partial charge on any atom is 0.191 e. The van der Waals surface area contributed by atoms with Crippen LogP contribution in [-0.2, 0) is 7.05 Å². The van der Waals surface area contributed by atoms with Gasteiger partial charge in [-0.1, -0.05) is 11.8 Å². The third-order valence-electron chi connectivity index (χ3n) is 4.17. The number of hydrogen-bond donors (Lipinski definition) is 1. The highest BCUT2D eigenvalue weighted by atomic mass is 32.2. The van der Waals surface area contributed by atoms with E-state index < -0.39 is 6.10 Å². The molecule has 154 valence electrons. The predicted octanol–water partition coefficient (Wildman–Crippen LogP) is 3.42. The normalized spacial score (nSPS) is 11.9. The topological polar surface area (TPSA) is 78.6 Å². The van der Waals surface area contributed by atoms with E-state index in [-0.39, 0.29) is 6.61 Å². The molecule has 3 aromatic rings. The molecule has 1 unspecified atom stereocenters. The summed E-state index contributed by atoms with van der Waals surface area (Å²) in [5, 5.41) is 19.5. The maximum atomic E-state index is 10.2. The van der Waals surface area contributed by atoms with Crippen LogP contribution in [0.3, 0.4) is 0 Å². The first kappa shape index (κ1) is 21.0. The van der Waals surface area contributed by atoms with Crippen molar-refractivity contribution in [3.63, 3.8) is 0 Å². The number of benzene rings is 2. The number of ether oxygens (including phenoxy) is 3. The Hall–Kier alpha value is -2.71. The van der Waals surface area contributed by atoms with Crippen LogP contribution in [0.5, 0.6) is 17.2 Å². The number of aromatic nitrogens is 3. The highest BCUT2D eigenvalue weighted by molar-refractivity contribution is 7.99. The van der Waals surface area contributed by atoms with Crippen molar-refractivity contribution < 1.29 is 19.3 Å². The molecule has 7 nitrogen and oxygen atoms in total. The lowest BCUT2D eigenvalue weighted by Crippen LogP contribution is -2.20. The van der Waals surface area contributed by atoms with E-state index in [9.17, 15) is 5.11 Å². The van der Waals surface area contributed by atoms with Crippen LogP contribution >= 0.6 is 11.8 Å². The highest BCUT2D eigenvalue weighted by Crippen LogP contribution is 2.25. The van der Waals surface area contributed by atoms with Crippen molar-refractivity contribution in [1.82, 2.24) is 14.8 Å². The van der Waals surface area contributed by atoms with Crippen LogP contribution in [0.15, 0.2) is 53.7 Å². The minimum absolute atomic E-state index is 0.199. The van der Waals surface area contributed by atoms with Crippen LogP contribution in [-0.4, -0.2) is 52.1 Å². The summed E-state index contributed by atoms with van der Waals surface area (Å²) < 4.78 is 18.1. The van der Waals surface area contributed by atoms with Crippen LogP contribution in [0.1, 0.15) is 6.92 Å². The first-order valence-electron chi connectivity index (χ1n) is 9.31. The van der Waals surface area contributed by atoms with Gasteiger partial charge in [0.25, 0.3) is 0 Å². The molecule has 0 radical (unpaired) electrons. The molecule has 8 heteroatoms. The van der Waals surface area contributed by atoms with Gasteiger partial charge < -0.3 is 23.9 Å². The number of aliphatic hydroxyl groups is 1. The van der Waals surface area contributed by atoms with E-state index in [4.69, 9.17) is 14.2 Å². The summed E-state index contributed by atoms with van der Waals surface area (Å²) in [7, 11) is 3.54. The molecule has 1 atom stereocenters. The Morgan fingerprint density at radius 3 is 2.21 bits per heavy atom. The standard InChI is InChI=1S/C21H25N3O4S/c1-4-27-18-9-11-19(12-10-18)28-13-16(25)14-29-21-23-22-20(24(21)2)15-5-7-17(26-3)8-6-15/h5-12,16,25H,4,13-14H2,1-3H3. The Balaban J connectivity index is 1.51. The van der Waals surface area contributed by atoms with Gasteiger partial charge in [-0.25, -0.2) is 0 Å². The van der Waals surface area contributed by atoms with E-state index in [0.717, 1.165) is 28.0 Å². The molecule has 0 spiro atoms. The quantitative estimate of drug-likeness (QED) is 0.508. The van der Waals surface area contributed by atoms with Crippen LogP contribution in [0, 0.1) is 0 Å². The molecule has 2 aromatic carbocycles. The van der Waals surface area contributed by atoms with Gasteiger partial charge in [-0.3, -0.25) is 0 Å². The van der Waals surface area contributed by atoms with E-state index in [1.54, 1.807) is 7.11 Å². The molecule has 0 aliphatic carbocycles. The van der Waals surface area contributed by atoms with Crippen LogP contribution < -0.4 is 14.2 Å². The third-order valence-corrected chi connectivity index (χ3v) is 5.33. The Kier molecular flexibility index (Phi) is 7.37. The summed E-state index contributed by atoms with van der Waals surface area (Å²) in [6.07, 6.45) is -0.632. The number of thioether (sulfide) groups is 1. The average Bonchev–Trinajstić information content (AvgIpc) is 3.12. The Bertz CT molecular complexity index is 897. The van der Waals surface area contributed by atoms with Gasteiger partial charge in [0.1, 0.15) is 23.9 Å². The van der Waals surface area contributed by atoms with Crippen LogP contribution in [0.2, 0.25) is 0 Å². The smallest absolute Gasteiger partial charge is 0.191 e. The minimum atomic E-state index is -0.632. The van der Waals surface area contributed by atoms with E-state index in [2.05, 4.69) is 10.2 Å². The Morgan fingerprint density at radius 2 is 1.59 bits per heavy atom. The molecule has 0 aliphatic rings. The van der Waals surface area contributed by atoms with Gasteiger partial charge in [0.05, 0.1) is 19.8 Å². The van der Waals surface area contributed by atoms with Gasteiger partial charge >= 0.3 is 0 Å².